The van der Waals surface area contributed by atoms with Gasteiger partial charge in [-0.05, 0) is 51.4 Å². The summed E-state index contributed by atoms with van der Waals surface area (Å²) >= 11 is 0. The van der Waals surface area contributed by atoms with E-state index in [-0.39, 0.29) is 24.4 Å². The molecule has 8 nitrogen and oxygen atoms in total. The predicted octanol–water partition coefficient (Wildman–Crippen LogP) is 2.93. The molecule has 0 spiro atoms. The van der Waals surface area contributed by atoms with E-state index in [4.69, 9.17) is 4.74 Å². The molecule has 158 valence electrons. The minimum absolute atomic E-state index is 0. The van der Waals surface area contributed by atoms with Crippen LogP contribution >= 0.6 is 12.4 Å². The van der Waals surface area contributed by atoms with Crippen LogP contribution < -0.4 is 10.6 Å². The smallest absolute Gasteiger partial charge is 0.338 e. The summed E-state index contributed by atoms with van der Waals surface area (Å²) in [7, 11) is 0. The molecule has 9 heteroatoms. The van der Waals surface area contributed by atoms with Gasteiger partial charge < -0.3 is 15.4 Å². The second-order valence-corrected chi connectivity index (χ2v) is 7.24. The van der Waals surface area contributed by atoms with Crippen molar-refractivity contribution in [1.29, 1.82) is 0 Å². The fraction of sp³-hybridized carbons (Fsp3) is 0.333. The number of rotatable bonds is 5. The number of aromatic nitrogens is 3. The molecule has 1 unspecified atom stereocenters. The lowest BCUT2D eigenvalue weighted by Crippen LogP contribution is -2.28. The van der Waals surface area contributed by atoms with Gasteiger partial charge >= 0.3 is 5.97 Å². The van der Waals surface area contributed by atoms with E-state index < -0.39 is 5.97 Å². The Labute approximate surface area is 180 Å². The lowest BCUT2D eigenvalue weighted by atomic mass is 10.2. The summed E-state index contributed by atoms with van der Waals surface area (Å²) in [5.41, 5.74) is 3.55. The zero-order valence-corrected chi connectivity index (χ0v) is 17.7. The molecule has 4 rings (SSSR count). The van der Waals surface area contributed by atoms with Gasteiger partial charge in [-0.15, -0.1) is 12.4 Å². The third-order valence-corrected chi connectivity index (χ3v) is 5.02. The van der Waals surface area contributed by atoms with E-state index in [0.717, 1.165) is 25.1 Å². The highest BCUT2D eigenvalue weighted by Crippen LogP contribution is 2.16. The predicted molar refractivity (Wildman–Crippen MR) is 115 cm³/mol. The molecule has 1 fully saturated rings. The SMILES string of the molecule is Cc1cc2ncc(C(=O)Nc3cccc(C(=O)OCC4CCCN4)c3)c(C)n2n1.Cl. The van der Waals surface area contributed by atoms with Gasteiger partial charge in [0.15, 0.2) is 5.65 Å². The molecule has 0 bridgehead atoms. The molecule has 1 aliphatic rings. The van der Waals surface area contributed by atoms with Gasteiger partial charge in [0.1, 0.15) is 6.61 Å². The molecule has 2 aromatic heterocycles. The van der Waals surface area contributed by atoms with Gasteiger partial charge in [-0.3, -0.25) is 4.79 Å². The Kier molecular flexibility index (Phi) is 6.69. The van der Waals surface area contributed by atoms with Crippen LogP contribution in [0.15, 0.2) is 36.5 Å². The molecule has 1 atom stereocenters. The van der Waals surface area contributed by atoms with Crippen LogP contribution in [0.3, 0.4) is 0 Å². The number of carbonyl (C=O) groups is 2. The van der Waals surface area contributed by atoms with E-state index in [9.17, 15) is 9.59 Å². The molecule has 1 aliphatic heterocycles. The number of anilines is 1. The van der Waals surface area contributed by atoms with Crippen LogP contribution in [0, 0.1) is 13.8 Å². The summed E-state index contributed by atoms with van der Waals surface area (Å²) in [4.78, 5) is 29.4. The zero-order valence-electron chi connectivity index (χ0n) is 16.8. The number of nitrogens with one attached hydrogen (secondary N) is 2. The Bertz CT molecular complexity index is 1080. The minimum Gasteiger partial charge on any atom is -0.460 e. The molecule has 1 aromatic carbocycles. The first kappa shape index (κ1) is 21.7. The van der Waals surface area contributed by atoms with Crippen LogP contribution in [0.5, 0.6) is 0 Å². The van der Waals surface area contributed by atoms with Crippen molar-refractivity contribution in [3.8, 4) is 0 Å². The maximum atomic E-state index is 12.7. The van der Waals surface area contributed by atoms with E-state index in [1.165, 1.54) is 6.20 Å². The number of nitrogens with zero attached hydrogens (tertiary/aromatic N) is 3. The first-order valence-corrected chi connectivity index (χ1v) is 9.65. The van der Waals surface area contributed by atoms with E-state index >= 15 is 0 Å². The van der Waals surface area contributed by atoms with Gasteiger partial charge in [0, 0.05) is 24.0 Å². The number of amides is 1. The maximum absolute atomic E-state index is 12.7. The van der Waals surface area contributed by atoms with Crippen molar-refractivity contribution < 1.29 is 14.3 Å². The van der Waals surface area contributed by atoms with E-state index in [1.807, 2.05) is 19.9 Å². The normalized spacial score (nSPS) is 15.6. The van der Waals surface area contributed by atoms with Crippen molar-refractivity contribution in [3.63, 3.8) is 0 Å². The average molecular weight is 430 g/mol. The number of hydrogen-bond donors (Lipinski definition) is 2. The van der Waals surface area contributed by atoms with Gasteiger partial charge in [-0.2, -0.15) is 5.10 Å². The van der Waals surface area contributed by atoms with Crippen LogP contribution in [0.25, 0.3) is 5.65 Å². The van der Waals surface area contributed by atoms with Gasteiger partial charge in [0.2, 0.25) is 0 Å². The zero-order chi connectivity index (χ0) is 20.4. The van der Waals surface area contributed by atoms with E-state index in [1.54, 1.807) is 28.8 Å². The summed E-state index contributed by atoms with van der Waals surface area (Å²) in [6.07, 6.45) is 3.65. The summed E-state index contributed by atoms with van der Waals surface area (Å²) in [5, 5.41) is 10.5. The van der Waals surface area contributed by atoms with Crippen molar-refractivity contribution in [2.75, 3.05) is 18.5 Å². The largest absolute Gasteiger partial charge is 0.460 e. The highest BCUT2D eigenvalue weighted by molar-refractivity contribution is 6.05. The number of ether oxygens (including phenoxy) is 1. The summed E-state index contributed by atoms with van der Waals surface area (Å²) < 4.78 is 7.04. The monoisotopic (exact) mass is 429 g/mol. The highest BCUT2D eigenvalue weighted by atomic mass is 35.5. The molecule has 0 radical (unpaired) electrons. The molecule has 30 heavy (non-hydrogen) atoms. The summed E-state index contributed by atoms with van der Waals surface area (Å²) in [6, 6.07) is 8.80. The Hall–Kier alpha value is -2.97. The number of carbonyl (C=O) groups excluding carboxylic acids is 2. The quantitative estimate of drug-likeness (QED) is 0.605. The van der Waals surface area contributed by atoms with Crippen LogP contribution in [0.1, 0.15) is 44.9 Å². The molecule has 2 N–H and O–H groups in total. The van der Waals surface area contributed by atoms with Crippen LogP contribution in [0.2, 0.25) is 0 Å². The molecular formula is C21H24ClN5O3. The first-order chi connectivity index (χ1) is 14.0. The number of esters is 1. The average Bonchev–Trinajstić information content (AvgIpc) is 3.35. The van der Waals surface area contributed by atoms with Crippen LogP contribution in [-0.4, -0.2) is 45.7 Å². The van der Waals surface area contributed by atoms with Gasteiger partial charge in [-0.1, -0.05) is 6.07 Å². The highest BCUT2D eigenvalue weighted by Gasteiger charge is 2.18. The fourth-order valence-corrected chi connectivity index (χ4v) is 3.47. The first-order valence-electron chi connectivity index (χ1n) is 9.65. The molecule has 3 heterocycles. The third kappa shape index (κ3) is 4.60. The number of aryl methyl sites for hydroxylation is 2. The summed E-state index contributed by atoms with van der Waals surface area (Å²) in [5.74, 6) is -0.716. The summed E-state index contributed by atoms with van der Waals surface area (Å²) in [6.45, 7) is 5.01. The topological polar surface area (TPSA) is 97.6 Å². The Morgan fingerprint density at radius 2 is 2.13 bits per heavy atom. The van der Waals surface area contributed by atoms with Crippen molar-refractivity contribution in [2.45, 2.75) is 32.7 Å². The number of benzene rings is 1. The molecule has 1 amide bonds. The Balaban J connectivity index is 0.00000256. The molecule has 1 saturated heterocycles. The van der Waals surface area contributed by atoms with Crippen molar-refractivity contribution in [2.24, 2.45) is 0 Å². The standard InChI is InChI=1S/C21H23N5O3.ClH/c1-13-9-19-23-11-18(14(2)26(19)25-13)20(27)24-16-6-3-5-15(10-16)21(28)29-12-17-7-4-8-22-17;/h3,5-6,9-11,17,22H,4,7-8,12H2,1-2H3,(H,24,27);1H. The Morgan fingerprint density at radius 1 is 1.30 bits per heavy atom. The van der Waals surface area contributed by atoms with E-state index in [2.05, 4.69) is 20.7 Å². The van der Waals surface area contributed by atoms with Crippen molar-refractivity contribution in [3.05, 3.63) is 59.0 Å². The number of fused-ring (bicyclic) bond motifs is 1. The van der Waals surface area contributed by atoms with Gasteiger partial charge in [0.25, 0.3) is 5.91 Å². The van der Waals surface area contributed by atoms with Gasteiger partial charge in [0.05, 0.1) is 22.5 Å². The maximum Gasteiger partial charge on any atom is 0.338 e. The second-order valence-electron chi connectivity index (χ2n) is 7.24. The minimum atomic E-state index is -0.402. The third-order valence-electron chi connectivity index (χ3n) is 5.02. The molecule has 0 saturated carbocycles. The van der Waals surface area contributed by atoms with Crippen molar-refractivity contribution >= 4 is 35.6 Å². The van der Waals surface area contributed by atoms with Crippen LogP contribution in [0.4, 0.5) is 5.69 Å². The molecular weight excluding hydrogens is 406 g/mol. The molecule has 0 aliphatic carbocycles. The molecule has 3 aromatic rings. The second kappa shape index (κ2) is 9.23. The van der Waals surface area contributed by atoms with Crippen LogP contribution in [-0.2, 0) is 4.74 Å². The van der Waals surface area contributed by atoms with Gasteiger partial charge in [-0.25, -0.2) is 14.3 Å². The Morgan fingerprint density at radius 3 is 2.90 bits per heavy atom. The van der Waals surface area contributed by atoms with Crippen molar-refractivity contribution in [1.82, 2.24) is 19.9 Å². The number of halogens is 1. The fourth-order valence-electron chi connectivity index (χ4n) is 3.47. The van der Waals surface area contributed by atoms with E-state index in [0.29, 0.717) is 34.8 Å². The lowest BCUT2D eigenvalue weighted by Gasteiger charge is -2.12. The lowest BCUT2D eigenvalue weighted by molar-refractivity contribution is 0.0473. The number of hydrogen-bond acceptors (Lipinski definition) is 6.